The minimum atomic E-state index is -3.59. The Balaban J connectivity index is 1.55. The summed E-state index contributed by atoms with van der Waals surface area (Å²) in [7, 11) is -3.59. The van der Waals surface area contributed by atoms with E-state index in [9.17, 15) is 13.2 Å². The zero-order valence-corrected chi connectivity index (χ0v) is 16.5. The zero-order valence-electron chi connectivity index (χ0n) is 15.7. The van der Waals surface area contributed by atoms with Gasteiger partial charge in [0.05, 0.1) is 4.90 Å². The fraction of sp³-hybridized carbons (Fsp3) is 0.632. The fourth-order valence-electron chi connectivity index (χ4n) is 3.96. The average Bonchev–Trinajstić information content (AvgIpc) is 2.93. The molecule has 0 aliphatic carbocycles. The van der Waals surface area contributed by atoms with Gasteiger partial charge in [-0.2, -0.15) is 0 Å². The van der Waals surface area contributed by atoms with E-state index in [1.165, 1.54) is 6.42 Å². The SMILES string of the molecule is Cc1ccc(C)c(S(=O)(=O)NCCC(=O)N2CCCN3CCCC3C2)c1. The standard InChI is InChI=1S/C19H29N3O3S/c1-15-6-7-16(2)18(13-15)26(24,25)20-9-8-19(23)22-12-4-11-21-10-3-5-17(21)14-22/h6-7,13,17,20H,3-5,8-12,14H2,1-2H3. The van der Waals surface area contributed by atoms with Crippen molar-refractivity contribution in [1.82, 2.24) is 14.5 Å². The number of rotatable bonds is 5. The molecular formula is C19H29N3O3S. The third-order valence-electron chi connectivity index (χ3n) is 5.42. The Morgan fingerprint density at radius 3 is 2.77 bits per heavy atom. The summed E-state index contributed by atoms with van der Waals surface area (Å²) in [6.07, 6.45) is 3.57. The number of fused-ring (bicyclic) bond motifs is 1. The van der Waals surface area contributed by atoms with Crippen LogP contribution in [-0.2, 0) is 14.8 Å². The quantitative estimate of drug-likeness (QED) is 0.845. The normalized spacial score (nSPS) is 21.5. The summed E-state index contributed by atoms with van der Waals surface area (Å²) >= 11 is 0. The van der Waals surface area contributed by atoms with Gasteiger partial charge in [-0.3, -0.25) is 9.69 Å². The topological polar surface area (TPSA) is 69.7 Å². The van der Waals surface area contributed by atoms with Crippen LogP contribution in [0, 0.1) is 13.8 Å². The Labute approximate surface area is 156 Å². The van der Waals surface area contributed by atoms with Crippen LogP contribution in [0.4, 0.5) is 0 Å². The Kier molecular flexibility index (Phi) is 5.99. The number of aryl methyl sites for hydroxylation is 2. The Morgan fingerprint density at radius 1 is 1.19 bits per heavy atom. The molecule has 0 spiro atoms. The van der Waals surface area contributed by atoms with Crippen LogP contribution in [0.25, 0.3) is 0 Å². The van der Waals surface area contributed by atoms with Crippen LogP contribution in [0.5, 0.6) is 0 Å². The van der Waals surface area contributed by atoms with E-state index >= 15 is 0 Å². The van der Waals surface area contributed by atoms with E-state index < -0.39 is 10.0 Å². The van der Waals surface area contributed by atoms with Gasteiger partial charge in [-0.15, -0.1) is 0 Å². The van der Waals surface area contributed by atoms with Gasteiger partial charge in [-0.1, -0.05) is 12.1 Å². The number of carbonyl (C=O) groups is 1. The van der Waals surface area contributed by atoms with Gasteiger partial charge in [0.25, 0.3) is 0 Å². The van der Waals surface area contributed by atoms with Gasteiger partial charge in [0, 0.05) is 38.6 Å². The molecule has 1 aromatic rings. The lowest BCUT2D eigenvalue weighted by molar-refractivity contribution is -0.131. The Morgan fingerprint density at radius 2 is 1.96 bits per heavy atom. The summed E-state index contributed by atoms with van der Waals surface area (Å²) in [6.45, 7) is 7.55. The van der Waals surface area contributed by atoms with Crippen LogP contribution in [0.2, 0.25) is 0 Å². The molecule has 1 N–H and O–H groups in total. The third-order valence-corrected chi connectivity index (χ3v) is 7.02. The summed E-state index contributed by atoms with van der Waals surface area (Å²) in [5, 5.41) is 0. The molecule has 1 amide bonds. The van der Waals surface area contributed by atoms with Gasteiger partial charge in [0.15, 0.2) is 0 Å². The van der Waals surface area contributed by atoms with E-state index in [0.717, 1.165) is 44.6 Å². The molecule has 1 aromatic carbocycles. The van der Waals surface area contributed by atoms with Crippen LogP contribution in [0.15, 0.2) is 23.1 Å². The summed E-state index contributed by atoms with van der Waals surface area (Å²) in [6, 6.07) is 5.85. The van der Waals surface area contributed by atoms with Gasteiger partial charge in [-0.05, 0) is 56.8 Å². The van der Waals surface area contributed by atoms with Crippen molar-refractivity contribution in [2.24, 2.45) is 0 Å². The first-order chi connectivity index (χ1) is 12.4. The van der Waals surface area contributed by atoms with Crippen molar-refractivity contribution in [3.63, 3.8) is 0 Å². The van der Waals surface area contributed by atoms with Crippen molar-refractivity contribution >= 4 is 15.9 Å². The van der Waals surface area contributed by atoms with Crippen LogP contribution < -0.4 is 4.72 Å². The maximum Gasteiger partial charge on any atom is 0.240 e. The third kappa shape index (κ3) is 4.45. The second-order valence-corrected chi connectivity index (χ2v) is 9.18. The first-order valence-electron chi connectivity index (χ1n) is 9.45. The molecular weight excluding hydrogens is 350 g/mol. The van der Waals surface area contributed by atoms with E-state index in [1.807, 2.05) is 17.9 Å². The fourth-order valence-corrected chi connectivity index (χ4v) is 5.32. The van der Waals surface area contributed by atoms with Crippen LogP contribution >= 0.6 is 0 Å². The number of hydrogen-bond acceptors (Lipinski definition) is 4. The highest BCUT2D eigenvalue weighted by Crippen LogP contribution is 2.21. The summed E-state index contributed by atoms with van der Waals surface area (Å²) < 4.78 is 27.6. The lowest BCUT2D eigenvalue weighted by atomic mass is 10.2. The summed E-state index contributed by atoms with van der Waals surface area (Å²) in [4.78, 5) is 17.2. The average molecular weight is 380 g/mol. The molecule has 144 valence electrons. The first kappa shape index (κ1) is 19.3. The smallest absolute Gasteiger partial charge is 0.240 e. The molecule has 2 aliphatic heterocycles. The largest absolute Gasteiger partial charge is 0.341 e. The molecule has 2 aliphatic rings. The van der Waals surface area contributed by atoms with Gasteiger partial charge in [-0.25, -0.2) is 13.1 Å². The molecule has 0 aromatic heterocycles. The molecule has 2 saturated heterocycles. The number of amides is 1. The number of nitrogens with one attached hydrogen (secondary N) is 1. The van der Waals surface area contributed by atoms with Crippen molar-refractivity contribution in [3.8, 4) is 0 Å². The maximum atomic E-state index is 12.6. The molecule has 0 bridgehead atoms. The lowest BCUT2D eigenvalue weighted by Gasteiger charge is -2.25. The molecule has 1 unspecified atom stereocenters. The monoisotopic (exact) mass is 379 g/mol. The Hall–Kier alpha value is -1.44. The first-order valence-corrected chi connectivity index (χ1v) is 10.9. The highest BCUT2D eigenvalue weighted by Gasteiger charge is 2.30. The highest BCUT2D eigenvalue weighted by molar-refractivity contribution is 7.89. The molecule has 6 nitrogen and oxygen atoms in total. The zero-order chi connectivity index (χ0) is 18.7. The van der Waals surface area contributed by atoms with E-state index in [2.05, 4.69) is 9.62 Å². The lowest BCUT2D eigenvalue weighted by Crippen LogP contribution is -2.40. The van der Waals surface area contributed by atoms with E-state index in [4.69, 9.17) is 0 Å². The summed E-state index contributed by atoms with van der Waals surface area (Å²) in [5.41, 5.74) is 1.61. The van der Waals surface area contributed by atoms with Crippen LogP contribution in [0.3, 0.4) is 0 Å². The molecule has 2 fully saturated rings. The second kappa shape index (κ2) is 8.06. The molecule has 26 heavy (non-hydrogen) atoms. The van der Waals surface area contributed by atoms with Gasteiger partial charge >= 0.3 is 0 Å². The molecule has 7 heteroatoms. The second-order valence-electron chi connectivity index (χ2n) is 7.44. The number of hydrogen-bond donors (Lipinski definition) is 1. The predicted molar refractivity (Wildman–Crippen MR) is 102 cm³/mol. The Bertz CT molecular complexity index is 763. The van der Waals surface area contributed by atoms with Crippen molar-refractivity contribution in [3.05, 3.63) is 29.3 Å². The number of carbonyl (C=O) groups excluding carboxylic acids is 1. The minimum absolute atomic E-state index is 0.0439. The van der Waals surface area contributed by atoms with Gasteiger partial charge in [0.1, 0.15) is 0 Å². The van der Waals surface area contributed by atoms with Crippen molar-refractivity contribution in [2.45, 2.75) is 50.5 Å². The molecule has 3 rings (SSSR count). The van der Waals surface area contributed by atoms with Crippen molar-refractivity contribution in [2.75, 3.05) is 32.7 Å². The van der Waals surface area contributed by atoms with Crippen LogP contribution in [-0.4, -0.2) is 62.9 Å². The molecule has 0 radical (unpaired) electrons. The van der Waals surface area contributed by atoms with E-state index in [-0.39, 0.29) is 18.9 Å². The molecule has 0 saturated carbocycles. The van der Waals surface area contributed by atoms with E-state index in [0.29, 0.717) is 16.5 Å². The predicted octanol–water partition coefficient (Wildman–Crippen LogP) is 1.67. The number of sulfonamides is 1. The van der Waals surface area contributed by atoms with E-state index in [1.54, 1.807) is 19.1 Å². The summed E-state index contributed by atoms with van der Waals surface area (Å²) in [5.74, 6) is 0.0439. The van der Waals surface area contributed by atoms with Gasteiger partial charge in [0.2, 0.25) is 15.9 Å². The molecule has 2 heterocycles. The van der Waals surface area contributed by atoms with Gasteiger partial charge < -0.3 is 4.90 Å². The molecule has 1 atom stereocenters. The number of nitrogens with zero attached hydrogens (tertiary/aromatic N) is 2. The van der Waals surface area contributed by atoms with Crippen LogP contribution in [0.1, 0.15) is 36.8 Å². The van der Waals surface area contributed by atoms with Crippen molar-refractivity contribution in [1.29, 1.82) is 0 Å². The van der Waals surface area contributed by atoms with Crippen molar-refractivity contribution < 1.29 is 13.2 Å². The number of benzene rings is 1. The maximum absolute atomic E-state index is 12.6. The minimum Gasteiger partial charge on any atom is -0.341 e. The highest BCUT2D eigenvalue weighted by atomic mass is 32.2.